The molecule has 9 heteroatoms. The van der Waals surface area contributed by atoms with E-state index in [1.165, 1.54) is 18.9 Å². The lowest BCUT2D eigenvalue weighted by atomic mass is 9.76. The molecule has 1 saturated carbocycles. The molecule has 5 unspecified atom stereocenters. The van der Waals surface area contributed by atoms with Crippen LogP contribution in [-0.2, 0) is 14.4 Å². The molecule has 2 amide bonds. The number of aliphatic hydroxyl groups is 1. The van der Waals surface area contributed by atoms with Gasteiger partial charge in [-0.1, -0.05) is 35.2 Å². The van der Waals surface area contributed by atoms with Gasteiger partial charge in [0.25, 0.3) is 0 Å². The Morgan fingerprint density at radius 2 is 1.94 bits per heavy atom. The van der Waals surface area contributed by atoms with Gasteiger partial charge in [-0.3, -0.25) is 24.6 Å². The second-order valence-corrected chi connectivity index (χ2v) is 9.62. The van der Waals surface area contributed by atoms with Crippen molar-refractivity contribution in [3.63, 3.8) is 0 Å². The Hall–Kier alpha value is -1.97. The van der Waals surface area contributed by atoms with Crippen LogP contribution in [0.25, 0.3) is 0 Å². The number of aliphatic carboxylic acids is 1. The van der Waals surface area contributed by atoms with E-state index in [0.717, 1.165) is 36.6 Å². The number of halogens is 1. The summed E-state index contributed by atoms with van der Waals surface area (Å²) in [6.07, 6.45) is 2.97. The van der Waals surface area contributed by atoms with Crippen LogP contribution in [0.15, 0.2) is 22.7 Å². The number of likely N-dealkylation sites (tertiary alicyclic amines) is 1. The molecule has 1 aromatic carbocycles. The summed E-state index contributed by atoms with van der Waals surface area (Å²) in [5.41, 5.74) is -1.40. The van der Waals surface area contributed by atoms with Gasteiger partial charge in [0.1, 0.15) is 5.75 Å². The molecular weight excluding hydrogens is 468 g/mol. The lowest BCUT2D eigenvalue weighted by Gasteiger charge is -2.36. The van der Waals surface area contributed by atoms with E-state index in [1.807, 2.05) is 0 Å². The SMILES string of the molecule is COc1ccc(Br)cc1C1NC(C(=O)O)(C(C)O)C2C(=O)N(C3CCCCC3)C(=O)C12. The first-order valence-electron chi connectivity index (χ1n) is 10.6. The van der Waals surface area contributed by atoms with Crippen molar-refractivity contribution < 1.29 is 29.3 Å². The highest BCUT2D eigenvalue weighted by Crippen LogP contribution is 2.52. The highest BCUT2D eigenvalue weighted by molar-refractivity contribution is 9.10. The number of carboxylic acids is 1. The Morgan fingerprint density at radius 1 is 1.26 bits per heavy atom. The van der Waals surface area contributed by atoms with E-state index >= 15 is 0 Å². The highest BCUT2D eigenvalue weighted by atomic mass is 79.9. The number of fused-ring (bicyclic) bond motifs is 1. The molecule has 2 aliphatic heterocycles. The van der Waals surface area contributed by atoms with Crippen LogP contribution in [0.5, 0.6) is 5.75 Å². The van der Waals surface area contributed by atoms with E-state index in [-0.39, 0.29) is 11.9 Å². The Bertz CT molecular complexity index is 915. The fourth-order valence-electron chi connectivity index (χ4n) is 5.64. The molecule has 0 aromatic heterocycles. The molecule has 31 heavy (non-hydrogen) atoms. The van der Waals surface area contributed by atoms with Crippen LogP contribution >= 0.6 is 15.9 Å². The summed E-state index contributed by atoms with van der Waals surface area (Å²) in [4.78, 5) is 41.0. The van der Waals surface area contributed by atoms with Crippen molar-refractivity contribution in [3.8, 4) is 5.75 Å². The number of nitrogens with zero attached hydrogens (tertiary/aromatic N) is 1. The van der Waals surface area contributed by atoms with Crippen LogP contribution in [0.4, 0.5) is 0 Å². The fraction of sp³-hybridized carbons (Fsp3) is 0.591. The van der Waals surface area contributed by atoms with Crippen molar-refractivity contribution in [1.82, 2.24) is 10.2 Å². The van der Waals surface area contributed by atoms with E-state index in [2.05, 4.69) is 21.2 Å². The van der Waals surface area contributed by atoms with Crippen LogP contribution in [0, 0.1) is 11.8 Å². The molecular formula is C22H27BrN2O6. The Morgan fingerprint density at radius 3 is 2.52 bits per heavy atom. The first-order valence-corrected chi connectivity index (χ1v) is 11.4. The molecule has 0 radical (unpaired) electrons. The normalized spacial score (nSPS) is 32.3. The van der Waals surface area contributed by atoms with E-state index in [9.17, 15) is 24.6 Å². The van der Waals surface area contributed by atoms with Crippen molar-refractivity contribution in [2.24, 2.45) is 11.8 Å². The summed E-state index contributed by atoms with van der Waals surface area (Å²) in [5.74, 6) is -3.89. The summed E-state index contributed by atoms with van der Waals surface area (Å²) in [6, 6.07) is 4.25. The van der Waals surface area contributed by atoms with Crippen molar-refractivity contribution >= 4 is 33.7 Å². The number of imide groups is 1. The number of carbonyl (C=O) groups excluding carboxylic acids is 2. The third-order valence-electron chi connectivity index (χ3n) is 7.11. The number of ether oxygens (including phenoxy) is 1. The summed E-state index contributed by atoms with van der Waals surface area (Å²) in [6.45, 7) is 1.35. The van der Waals surface area contributed by atoms with Crippen molar-refractivity contribution in [1.29, 1.82) is 0 Å². The number of amides is 2. The summed E-state index contributed by atoms with van der Waals surface area (Å²) in [5, 5.41) is 23.8. The zero-order valence-corrected chi connectivity index (χ0v) is 19.1. The van der Waals surface area contributed by atoms with Crippen LogP contribution in [-0.4, -0.2) is 57.7 Å². The van der Waals surface area contributed by atoms with Gasteiger partial charge >= 0.3 is 5.97 Å². The molecule has 1 aromatic rings. The average molecular weight is 495 g/mol. The minimum absolute atomic E-state index is 0.218. The zero-order chi connectivity index (χ0) is 22.5. The van der Waals surface area contributed by atoms with E-state index in [1.54, 1.807) is 18.2 Å². The first kappa shape index (κ1) is 22.2. The molecule has 8 nitrogen and oxygen atoms in total. The van der Waals surface area contributed by atoms with Gasteiger partial charge in [0.15, 0.2) is 5.54 Å². The lowest BCUT2D eigenvalue weighted by molar-refractivity contribution is -0.157. The van der Waals surface area contributed by atoms with Gasteiger partial charge in [-0.2, -0.15) is 0 Å². The number of aliphatic hydroxyl groups excluding tert-OH is 1. The number of methoxy groups -OCH3 is 1. The molecule has 0 spiro atoms. The number of rotatable bonds is 5. The van der Waals surface area contributed by atoms with Crippen molar-refractivity contribution in [2.75, 3.05) is 7.11 Å². The van der Waals surface area contributed by atoms with E-state index in [4.69, 9.17) is 4.74 Å². The molecule has 4 rings (SSSR count). The summed E-state index contributed by atoms with van der Waals surface area (Å²) < 4.78 is 6.20. The van der Waals surface area contributed by atoms with Gasteiger partial charge in [0.05, 0.1) is 25.0 Å². The van der Waals surface area contributed by atoms with Crippen molar-refractivity contribution in [2.45, 2.75) is 62.8 Å². The van der Waals surface area contributed by atoms with Gasteiger partial charge in [0, 0.05) is 22.1 Å². The number of hydrogen-bond donors (Lipinski definition) is 3. The molecule has 3 fully saturated rings. The van der Waals surface area contributed by atoms with Gasteiger partial charge in [-0.25, -0.2) is 0 Å². The molecule has 2 heterocycles. The summed E-state index contributed by atoms with van der Waals surface area (Å²) >= 11 is 3.42. The highest BCUT2D eigenvalue weighted by Gasteiger charge is 2.71. The van der Waals surface area contributed by atoms with E-state index in [0.29, 0.717) is 11.3 Å². The maximum absolute atomic E-state index is 13.6. The maximum atomic E-state index is 13.6. The van der Waals surface area contributed by atoms with Crippen LogP contribution in [0.2, 0.25) is 0 Å². The fourth-order valence-corrected chi connectivity index (χ4v) is 6.02. The monoisotopic (exact) mass is 494 g/mol. The molecule has 0 bridgehead atoms. The molecule has 3 N–H and O–H groups in total. The third-order valence-corrected chi connectivity index (χ3v) is 7.60. The Kier molecular flexibility index (Phi) is 5.87. The molecule has 3 aliphatic rings. The smallest absolute Gasteiger partial charge is 0.327 e. The average Bonchev–Trinajstić information content (AvgIpc) is 3.23. The number of nitrogens with one attached hydrogen (secondary N) is 1. The molecule has 168 valence electrons. The predicted octanol–water partition coefficient (Wildman–Crippen LogP) is 2.24. The number of benzene rings is 1. The van der Waals surface area contributed by atoms with E-state index < -0.39 is 41.4 Å². The van der Waals surface area contributed by atoms with Gasteiger partial charge < -0.3 is 14.9 Å². The van der Waals surface area contributed by atoms with Crippen LogP contribution in [0.3, 0.4) is 0 Å². The topological polar surface area (TPSA) is 116 Å². The minimum atomic E-state index is -1.97. The van der Waals surface area contributed by atoms with Gasteiger partial charge in [0.2, 0.25) is 11.8 Å². The van der Waals surface area contributed by atoms with Gasteiger partial charge in [-0.05, 0) is 38.0 Å². The number of carbonyl (C=O) groups is 3. The Labute approximate surface area is 189 Å². The van der Waals surface area contributed by atoms with Crippen LogP contribution in [0.1, 0.15) is 50.6 Å². The number of hydrogen-bond acceptors (Lipinski definition) is 6. The first-order chi connectivity index (χ1) is 14.7. The molecule has 5 atom stereocenters. The maximum Gasteiger partial charge on any atom is 0.327 e. The Balaban J connectivity index is 1.86. The molecule has 2 saturated heterocycles. The van der Waals surface area contributed by atoms with Gasteiger partial charge in [-0.15, -0.1) is 0 Å². The zero-order valence-electron chi connectivity index (χ0n) is 17.5. The standard InChI is InChI=1S/C22H27BrN2O6/c1-11(26)22(21(29)30)17-16(18(24-22)14-10-12(23)8-9-15(14)31-2)19(27)25(20(17)28)13-6-4-3-5-7-13/h8-11,13,16-18,24,26H,3-7H2,1-2H3,(H,29,30). The number of carboxylic acid groups (broad SMARTS) is 1. The second kappa shape index (κ2) is 8.18. The quantitative estimate of drug-likeness (QED) is 0.537. The second-order valence-electron chi connectivity index (χ2n) is 8.70. The minimum Gasteiger partial charge on any atom is -0.496 e. The molecule has 1 aliphatic carbocycles. The van der Waals surface area contributed by atoms with Crippen LogP contribution < -0.4 is 10.1 Å². The predicted molar refractivity (Wildman–Crippen MR) is 114 cm³/mol. The largest absolute Gasteiger partial charge is 0.496 e. The third kappa shape index (κ3) is 3.29. The van der Waals surface area contributed by atoms with Crippen molar-refractivity contribution in [3.05, 3.63) is 28.2 Å². The summed E-state index contributed by atoms with van der Waals surface area (Å²) in [7, 11) is 1.49. The lowest BCUT2D eigenvalue weighted by Crippen LogP contribution is -2.62.